The molecular weight excluding hydrogens is 332 g/mol. The first-order valence-electron chi connectivity index (χ1n) is 8.63. The minimum absolute atomic E-state index is 0.0149. The average Bonchev–Trinajstić information content (AvgIpc) is 3.22. The second kappa shape index (κ2) is 6.08. The monoisotopic (exact) mass is 354 g/mol. The number of hydrogen-bond donors (Lipinski definition) is 1. The summed E-state index contributed by atoms with van der Waals surface area (Å²) in [5, 5.41) is 16.4. The van der Waals surface area contributed by atoms with Crippen LogP contribution >= 0.6 is 0 Å². The summed E-state index contributed by atoms with van der Waals surface area (Å²) in [6, 6.07) is 3.78. The highest BCUT2D eigenvalue weighted by Crippen LogP contribution is 2.38. The Morgan fingerprint density at radius 2 is 2.04 bits per heavy atom. The molecule has 9 nitrogen and oxygen atoms in total. The maximum Gasteiger partial charge on any atom is 0.223 e. The molecule has 1 fully saturated rings. The zero-order valence-electron chi connectivity index (χ0n) is 15.3. The van der Waals surface area contributed by atoms with Crippen LogP contribution in [0.25, 0.3) is 5.65 Å². The fourth-order valence-corrected chi connectivity index (χ4v) is 3.62. The van der Waals surface area contributed by atoms with E-state index in [1.54, 1.807) is 0 Å². The number of hydrogen-bond acceptors (Lipinski definition) is 6. The summed E-state index contributed by atoms with van der Waals surface area (Å²) in [4.78, 5) is 18.4. The largest absolute Gasteiger partial charge is 0.368 e. The van der Waals surface area contributed by atoms with E-state index in [2.05, 4.69) is 25.6 Å². The third kappa shape index (κ3) is 2.69. The van der Waals surface area contributed by atoms with Crippen molar-refractivity contribution in [1.82, 2.24) is 34.5 Å². The van der Waals surface area contributed by atoms with Gasteiger partial charge in [0.25, 0.3) is 0 Å². The van der Waals surface area contributed by atoms with Crippen molar-refractivity contribution in [2.24, 2.45) is 13.0 Å². The zero-order chi connectivity index (χ0) is 18.4. The standard InChI is InChI=1S/C17H22N8O/c1-10-13(9-19-24(10)4)17-12(7-16(26)23(17)3)8-18-14-5-6-15-20-11(2)21-25(15)22-14/h5-6,9,12,17H,7-8H2,1-4H3,(H,18,22)/t12-,17+/m0/s1. The summed E-state index contributed by atoms with van der Waals surface area (Å²) in [5.41, 5.74) is 2.90. The SMILES string of the molecule is Cc1nc2ccc(NC[C@@H]3CC(=O)N(C)[C@H]3c3cnn(C)c3C)nn2n1. The van der Waals surface area contributed by atoms with Crippen LogP contribution < -0.4 is 5.32 Å². The van der Waals surface area contributed by atoms with Crippen LogP contribution in [-0.4, -0.2) is 54.0 Å². The van der Waals surface area contributed by atoms with Crippen molar-refractivity contribution in [3.8, 4) is 0 Å². The molecule has 3 aromatic heterocycles. The predicted octanol–water partition coefficient (Wildman–Crippen LogP) is 1.11. The second-order valence-corrected chi connectivity index (χ2v) is 6.83. The van der Waals surface area contributed by atoms with Crippen LogP contribution in [0.1, 0.15) is 29.5 Å². The fraction of sp³-hybridized carbons (Fsp3) is 0.471. The van der Waals surface area contributed by atoms with E-state index in [4.69, 9.17) is 0 Å². The van der Waals surface area contributed by atoms with Crippen LogP contribution in [-0.2, 0) is 11.8 Å². The molecule has 1 aliphatic rings. The number of nitrogens with one attached hydrogen (secondary N) is 1. The molecule has 0 radical (unpaired) electrons. The summed E-state index contributed by atoms with van der Waals surface area (Å²) in [7, 11) is 3.78. The van der Waals surface area contributed by atoms with Crippen LogP contribution in [0, 0.1) is 19.8 Å². The van der Waals surface area contributed by atoms with Gasteiger partial charge in [-0.1, -0.05) is 0 Å². The molecule has 26 heavy (non-hydrogen) atoms. The average molecular weight is 354 g/mol. The van der Waals surface area contributed by atoms with E-state index in [0.29, 0.717) is 30.3 Å². The topological polar surface area (TPSA) is 93.2 Å². The minimum atomic E-state index is 0.0149. The maximum atomic E-state index is 12.3. The summed E-state index contributed by atoms with van der Waals surface area (Å²) < 4.78 is 3.37. The number of likely N-dealkylation sites (tertiary alicyclic amines) is 1. The maximum absolute atomic E-state index is 12.3. The lowest BCUT2D eigenvalue weighted by Gasteiger charge is -2.25. The Kier molecular flexibility index (Phi) is 3.86. The lowest BCUT2D eigenvalue weighted by molar-refractivity contribution is -0.127. The van der Waals surface area contributed by atoms with Crippen molar-refractivity contribution in [3.63, 3.8) is 0 Å². The van der Waals surface area contributed by atoms with Crippen LogP contribution in [0.2, 0.25) is 0 Å². The lowest BCUT2D eigenvalue weighted by Crippen LogP contribution is -2.27. The fourth-order valence-electron chi connectivity index (χ4n) is 3.62. The number of rotatable bonds is 4. The molecule has 0 aromatic carbocycles. The molecule has 1 N–H and O–H groups in total. The zero-order valence-corrected chi connectivity index (χ0v) is 15.3. The van der Waals surface area contributed by atoms with Gasteiger partial charge in [0.05, 0.1) is 12.2 Å². The minimum Gasteiger partial charge on any atom is -0.368 e. The van der Waals surface area contributed by atoms with Gasteiger partial charge in [-0.15, -0.1) is 14.8 Å². The van der Waals surface area contributed by atoms with Gasteiger partial charge in [-0.05, 0) is 26.0 Å². The van der Waals surface area contributed by atoms with Gasteiger partial charge in [-0.3, -0.25) is 9.48 Å². The molecule has 0 saturated carbocycles. The quantitative estimate of drug-likeness (QED) is 0.754. The molecule has 3 aromatic rings. The molecule has 1 amide bonds. The Hall–Kier alpha value is -2.97. The Balaban J connectivity index is 1.55. The molecule has 0 aliphatic carbocycles. The third-order valence-corrected chi connectivity index (χ3v) is 5.14. The molecule has 136 valence electrons. The second-order valence-electron chi connectivity index (χ2n) is 6.83. The van der Waals surface area contributed by atoms with E-state index >= 15 is 0 Å². The summed E-state index contributed by atoms with van der Waals surface area (Å²) in [5.74, 6) is 1.70. The Morgan fingerprint density at radius 3 is 2.77 bits per heavy atom. The first-order chi connectivity index (χ1) is 12.4. The Bertz CT molecular complexity index is 974. The van der Waals surface area contributed by atoms with Gasteiger partial charge in [0, 0.05) is 44.2 Å². The van der Waals surface area contributed by atoms with Gasteiger partial charge in [-0.2, -0.15) is 5.10 Å². The first-order valence-corrected chi connectivity index (χ1v) is 8.63. The highest BCUT2D eigenvalue weighted by Gasteiger charge is 2.39. The van der Waals surface area contributed by atoms with E-state index in [1.165, 1.54) is 4.63 Å². The van der Waals surface area contributed by atoms with Crippen LogP contribution in [0.4, 0.5) is 5.82 Å². The highest BCUT2D eigenvalue weighted by atomic mass is 16.2. The van der Waals surface area contributed by atoms with E-state index < -0.39 is 0 Å². The molecule has 0 bridgehead atoms. The van der Waals surface area contributed by atoms with Crippen molar-refractivity contribution in [1.29, 1.82) is 0 Å². The molecule has 9 heteroatoms. The van der Waals surface area contributed by atoms with Crippen molar-refractivity contribution < 1.29 is 4.79 Å². The van der Waals surface area contributed by atoms with Crippen molar-refractivity contribution in [3.05, 3.63) is 35.4 Å². The van der Waals surface area contributed by atoms with Gasteiger partial charge in [0.15, 0.2) is 5.65 Å². The van der Waals surface area contributed by atoms with E-state index in [9.17, 15) is 4.79 Å². The van der Waals surface area contributed by atoms with Gasteiger partial charge >= 0.3 is 0 Å². The van der Waals surface area contributed by atoms with Crippen molar-refractivity contribution in [2.45, 2.75) is 26.3 Å². The predicted molar refractivity (Wildman–Crippen MR) is 95.6 cm³/mol. The van der Waals surface area contributed by atoms with Crippen molar-refractivity contribution >= 4 is 17.4 Å². The van der Waals surface area contributed by atoms with Gasteiger partial charge in [0.1, 0.15) is 11.6 Å². The first kappa shape index (κ1) is 16.5. The van der Waals surface area contributed by atoms with Crippen LogP contribution in [0.15, 0.2) is 18.3 Å². The number of amides is 1. The van der Waals surface area contributed by atoms with E-state index in [0.717, 1.165) is 11.3 Å². The highest BCUT2D eigenvalue weighted by molar-refractivity contribution is 5.79. The molecule has 1 saturated heterocycles. The van der Waals surface area contributed by atoms with E-state index in [-0.39, 0.29) is 17.9 Å². The lowest BCUT2D eigenvalue weighted by atomic mass is 9.94. The number of nitrogens with zero attached hydrogens (tertiary/aromatic N) is 7. The van der Waals surface area contributed by atoms with Crippen LogP contribution in [0.3, 0.4) is 0 Å². The van der Waals surface area contributed by atoms with Crippen molar-refractivity contribution in [2.75, 3.05) is 18.9 Å². The molecule has 4 rings (SSSR count). The number of anilines is 1. The number of carbonyl (C=O) groups is 1. The van der Waals surface area contributed by atoms with Gasteiger partial charge in [-0.25, -0.2) is 4.98 Å². The molecule has 1 aliphatic heterocycles. The summed E-state index contributed by atoms with van der Waals surface area (Å²) in [6.07, 6.45) is 2.37. The number of fused-ring (bicyclic) bond motifs is 1. The number of carbonyl (C=O) groups excluding carboxylic acids is 1. The normalized spacial score (nSPS) is 20.3. The van der Waals surface area contributed by atoms with E-state index in [1.807, 2.05) is 55.9 Å². The smallest absolute Gasteiger partial charge is 0.223 e. The molecular formula is C17H22N8O. The van der Waals surface area contributed by atoms with Gasteiger partial charge in [0.2, 0.25) is 5.91 Å². The molecule has 0 unspecified atom stereocenters. The molecule has 2 atom stereocenters. The molecule has 4 heterocycles. The Morgan fingerprint density at radius 1 is 1.23 bits per heavy atom. The Labute approximate surface area is 151 Å². The number of aromatic nitrogens is 6. The number of aryl methyl sites for hydroxylation is 2. The molecule has 0 spiro atoms. The summed E-state index contributed by atoms with van der Waals surface area (Å²) in [6.45, 7) is 4.51. The van der Waals surface area contributed by atoms with Gasteiger partial charge < -0.3 is 10.2 Å². The summed E-state index contributed by atoms with van der Waals surface area (Å²) >= 11 is 0. The third-order valence-electron chi connectivity index (χ3n) is 5.14. The van der Waals surface area contributed by atoms with Crippen LogP contribution in [0.5, 0.6) is 0 Å².